The molecule has 1 fully saturated rings. The van der Waals surface area contributed by atoms with Gasteiger partial charge in [-0.3, -0.25) is 10.1 Å². The molecule has 0 spiro atoms. The highest BCUT2D eigenvalue weighted by molar-refractivity contribution is 7.26. The standard InChI is InChI=1S/C22H16N4O5S2/c1-12(13-5-3-2-4-6-13)31-21(29)25-16-14(23-11-30-16)7-8-15-24-17-18(32-15)26-19(33-17)22(9-10-22)20(27)28/h2-6,11-12H,9-10H2,1H3,(H,25,29)(H,27,28). The SMILES string of the molecule is CC(OC(=O)Nc1ocnc1C#Cc1nc2sc(C3(C(=O)O)CC3)nc2s1)c1ccccc1. The van der Waals surface area contributed by atoms with Gasteiger partial charge in [0.15, 0.2) is 26.8 Å². The summed E-state index contributed by atoms with van der Waals surface area (Å²) in [7, 11) is 0. The number of ether oxygens (including phenoxy) is 1. The van der Waals surface area contributed by atoms with Gasteiger partial charge in [-0.25, -0.2) is 19.7 Å². The zero-order chi connectivity index (χ0) is 23.0. The van der Waals surface area contributed by atoms with Gasteiger partial charge in [-0.05, 0) is 37.2 Å². The number of hydrogen-bond donors (Lipinski definition) is 2. The van der Waals surface area contributed by atoms with Crippen molar-refractivity contribution >= 4 is 50.3 Å². The lowest BCUT2D eigenvalue weighted by Crippen LogP contribution is -2.18. The molecule has 4 aromatic rings. The van der Waals surface area contributed by atoms with E-state index in [4.69, 9.17) is 9.15 Å². The number of oxazole rings is 1. The molecule has 5 rings (SSSR count). The van der Waals surface area contributed by atoms with Gasteiger partial charge in [0, 0.05) is 0 Å². The third-order valence-electron chi connectivity index (χ3n) is 5.17. The monoisotopic (exact) mass is 480 g/mol. The Morgan fingerprint density at radius 3 is 2.64 bits per heavy atom. The molecule has 9 nitrogen and oxygen atoms in total. The van der Waals surface area contributed by atoms with Crippen molar-refractivity contribution in [3.63, 3.8) is 0 Å². The molecule has 1 aromatic carbocycles. The molecular weight excluding hydrogens is 464 g/mol. The molecule has 33 heavy (non-hydrogen) atoms. The number of thiazole rings is 2. The van der Waals surface area contributed by atoms with Crippen LogP contribution in [0.1, 0.15) is 47.1 Å². The highest BCUT2D eigenvalue weighted by Crippen LogP contribution is 2.50. The van der Waals surface area contributed by atoms with Crippen molar-refractivity contribution in [1.82, 2.24) is 15.0 Å². The maximum atomic E-state index is 12.2. The average Bonchev–Trinajstić information content (AvgIpc) is 3.12. The van der Waals surface area contributed by atoms with Crippen molar-refractivity contribution < 1.29 is 23.8 Å². The van der Waals surface area contributed by atoms with E-state index in [0.29, 0.717) is 32.5 Å². The van der Waals surface area contributed by atoms with Gasteiger partial charge in [0.25, 0.3) is 0 Å². The Hall–Kier alpha value is -3.75. The van der Waals surface area contributed by atoms with Crippen LogP contribution in [-0.4, -0.2) is 32.1 Å². The Morgan fingerprint density at radius 1 is 1.18 bits per heavy atom. The minimum absolute atomic E-state index is 0.0728. The number of nitrogens with one attached hydrogen (secondary N) is 1. The van der Waals surface area contributed by atoms with E-state index in [2.05, 4.69) is 32.1 Å². The van der Waals surface area contributed by atoms with Gasteiger partial charge in [0.05, 0.1) is 0 Å². The summed E-state index contributed by atoms with van der Waals surface area (Å²) in [4.78, 5) is 38.0. The number of carbonyl (C=O) groups excluding carboxylic acids is 1. The van der Waals surface area contributed by atoms with E-state index in [1.165, 1.54) is 29.1 Å². The first-order chi connectivity index (χ1) is 15.9. The Kier molecular flexibility index (Phi) is 5.32. The summed E-state index contributed by atoms with van der Waals surface area (Å²) < 4.78 is 10.6. The minimum atomic E-state index is -0.842. The first kappa shape index (κ1) is 21.1. The molecule has 1 atom stereocenters. The number of benzene rings is 1. The Balaban J connectivity index is 1.27. The molecule has 1 aliphatic carbocycles. The molecule has 3 heterocycles. The predicted octanol–water partition coefficient (Wildman–Crippen LogP) is 4.57. The van der Waals surface area contributed by atoms with Crippen molar-refractivity contribution in [2.24, 2.45) is 0 Å². The fraction of sp³-hybridized carbons (Fsp3) is 0.227. The van der Waals surface area contributed by atoms with Crippen LogP contribution in [0.15, 0.2) is 41.1 Å². The van der Waals surface area contributed by atoms with Crippen LogP contribution in [0, 0.1) is 11.8 Å². The van der Waals surface area contributed by atoms with Gasteiger partial charge in [-0.2, -0.15) is 0 Å². The quantitative estimate of drug-likeness (QED) is 0.398. The maximum Gasteiger partial charge on any atom is 0.414 e. The van der Waals surface area contributed by atoms with E-state index >= 15 is 0 Å². The summed E-state index contributed by atoms with van der Waals surface area (Å²) >= 11 is 2.56. The summed E-state index contributed by atoms with van der Waals surface area (Å²) in [5, 5.41) is 13.0. The molecule has 2 N–H and O–H groups in total. The number of amides is 1. The molecule has 1 aliphatic rings. The van der Waals surface area contributed by atoms with Gasteiger partial charge in [0.1, 0.15) is 16.5 Å². The lowest BCUT2D eigenvalue weighted by Gasteiger charge is -2.13. The Labute approximate surface area is 195 Å². The lowest BCUT2D eigenvalue weighted by atomic mass is 10.1. The molecule has 0 bridgehead atoms. The number of carbonyl (C=O) groups is 2. The van der Waals surface area contributed by atoms with Crippen molar-refractivity contribution in [3.05, 3.63) is 58.0 Å². The molecule has 3 aromatic heterocycles. The van der Waals surface area contributed by atoms with Crippen LogP contribution in [0.2, 0.25) is 0 Å². The highest BCUT2D eigenvalue weighted by atomic mass is 32.1. The van der Waals surface area contributed by atoms with Crippen LogP contribution >= 0.6 is 22.7 Å². The fourth-order valence-corrected chi connectivity index (χ4v) is 5.29. The normalized spacial score (nSPS) is 14.8. The number of anilines is 1. The van der Waals surface area contributed by atoms with Crippen molar-refractivity contribution in [3.8, 4) is 11.8 Å². The summed E-state index contributed by atoms with van der Waals surface area (Å²) in [6.45, 7) is 1.77. The third kappa shape index (κ3) is 4.18. The molecule has 11 heteroatoms. The van der Waals surface area contributed by atoms with Crippen LogP contribution in [0.25, 0.3) is 9.66 Å². The number of aromatic nitrogens is 3. The van der Waals surface area contributed by atoms with Gasteiger partial charge >= 0.3 is 12.1 Å². The topological polar surface area (TPSA) is 127 Å². The predicted molar refractivity (Wildman–Crippen MR) is 121 cm³/mol. The summed E-state index contributed by atoms with van der Waals surface area (Å²) in [5.41, 5.74) is 0.251. The number of carboxylic acid groups (broad SMARTS) is 1. The number of carboxylic acids is 1. The zero-order valence-corrected chi connectivity index (χ0v) is 18.8. The van der Waals surface area contributed by atoms with E-state index in [9.17, 15) is 14.7 Å². The van der Waals surface area contributed by atoms with Crippen molar-refractivity contribution in [2.45, 2.75) is 31.3 Å². The molecule has 1 amide bonds. The molecular formula is C22H16N4O5S2. The number of hydrogen-bond acceptors (Lipinski definition) is 9. The van der Waals surface area contributed by atoms with Crippen LogP contribution in [0.3, 0.4) is 0 Å². The van der Waals surface area contributed by atoms with Gasteiger partial charge in [0.2, 0.25) is 5.88 Å². The van der Waals surface area contributed by atoms with E-state index in [-0.39, 0.29) is 11.6 Å². The fourth-order valence-electron chi connectivity index (χ4n) is 3.16. The molecule has 166 valence electrons. The van der Waals surface area contributed by atoms with E-state index in [1.807, 2.05) is 30.3 Å². The van der Waals surface area contributed by atoms with E-state index < -0.39 is 23.6 Å². The highest BCUT2D eigenvalue weighted by Gasteiger charge is 2.54. The first-order valence-corrected chi connectivity index (χ1v) is 11.6. The maximum absolute atomic E-state index is 12.2. The number of rotatable bonds is 5. The second-order valence-corrected chi connectivity index (χ2v) is 9.35. The van der Waals surface area contributed by atoms with Gasteiger partial charge in [-0.15, -0.1) is 0 Å². The lowest BCUT2D eigenvalue weighted by molar-refractivity contribution is -0.140. The number of aliphatic carboxylic acids is 1. The number of fused-ring (bicyclic) bond motifs is 1. The molecule has 0 radical (unpaired) electrons. The van der Waals surface area contributed by atoms with Crippen LogP contribution < -0.4 is 5.32 Å². The largest absolute Gasteiger partial charge is 0.481 e. The minimum Gasteiger partial charge on any atom is -0.481 e. The van der Waals surface area contributed by atoms with Crippen molar-refractivity contribution in [1.29, 1.82) is 0 Å². The number of nitrogens with zero attached hydrogens (tertiary/aromatic N) is 3. The molecule has 0 saturated heterocycles. The third-order valence-corrected chi connectivity index (χ3v) is 7.32. The van der Waals surface area contributed by atoms with Crippen LogP contribution in [0.4, 0.5) is 10.7 Å². The second-order valence-electron chi connectivity index (χ2n) is 7.40. The molecule has 1 unspecified atom stereocenters. The Morgan fingerprint density at radius 2 is 1.94 bits per heavy atom. The average molecular weight is 481 g/mol. The van der Waals surface area contributed by atoms with E-state index in [0.717, 1.165) is 5.56 Å². The summed E-state index contributed by atoms with van der Waals surface area (Å²) in [6, 6.07) is 9.35. The molecule has 0 aliphatic heterocycles. The second kappa shape index (κ2) is 8.31. The van der Waals surface area contributed by atoms with Crippen molar-refractivity contribution in [2.75, 3.05) is 5.32 Å². The summed E-state index contributed by atoms with van der Waals surface area (Å²) in [6.07, 6.45) is 1.25. The first-order valence-electron chi connectivity index (χ1n) is 9.94. The molecule has 1 saturated carbocycles. The van der Waals surface area contributed by atoms with Crippen LogP contribution in [0.5, 0.6) is 0 Å². The smallest absolute Gasteiger partial charge is 0.414 e. The summed E-state index contributed by atoms with van der Waals surface area (Å²) in [5.74, 6) is 4.96. The Bertz CT molecular complexity index is 1380. The van der Waals surface area contributed by atoms with Gasteiger partial charge in [-0.1, -0.05) is 53.0 Å². The van der Waals surface area contributed by atoms with Gasteiger partial charge < -0.3 is 14.3 Å². The zero-order valence-electron chi connectivity index (χ0n) is 17.2. The van der Waals surface area contributed by atoms with Crippen LogP contribution in [-0.2, 0) is 14.9 Å². The van der Waals surface area contributed by atoms with E-state index in [1.54, 1.807) is 6.92 Å².